The molecule has 0 amide bonds. The van der Waals surface area contributed by atoms with E-state index in [0.29, 0.717) is 0 Å². The van der Waals surface area contributed by atoms with E-state index >= 15 is 0 Å². The summed E-state index contributed by atoms with van der Waals surface area (Å²) in [6, 6.07) is 30.1. The topological polar surface area (TPSA) is 60.2 Å². The van der Waals surface area contributed by atoms with E-state index in [0.717, 1.165) is 12.8 Å². The second-order valence-corrected chi connectivity index (χ2v) is 5.95. The zero-order valence-corrected chi connectivity index (χ0v) is 14.2. The molecule has 3 nitrogen and oxygen atoms in total. The van der Waals surface area contributed by atoms with E-state index in [1.165, 1.54) is 22.3 Å². The van der Waals surface area contributed by atoms with E-state index in [1.54, 1.807) is 0 Å². The molecule has 0 unspecified atom stereocenters. The smallest absolute Gasteiger partial charge is 0.198 e. The van der Waals surface area contributed by atoms with E-state index in [-0.39, 0.29) is 0 Å². The molecule has 0 saturated heterocycles. The first-order valence-corrected chi connectivity index (χ1v) is 8.93. The normalized spacial score (nSPS) is 10.1. The summed E-state index contributed by atoms with van der Waals surface area (Å²) in [4.78, 5) is 0. The van der Waals surface area contributed by atoms with Gasteiger partial charge in [0, 0.05) is 0 Å². The Kier molecular flexibility index (Phi) is 7.21. The SMILES string of the molecule is N[SH](=O)=O.c1ccc(Cc2ccccc2Cc2ccccc2)cc1. The number of hydrogen-bond donors (Lipinski definition) is 2. The molecule has 2 N–H and O–H groups in total. The van der Waals surface area contributed by atoms with E-state index in [9.17, 15) is 0 Å². The van der Waals surface area contributed by atoms with Gasteiger partial charge in [0.2, 0.25) is 0 Å². The molecule has 0 aliphatic heterocycles. The molecule has 3 aromatic rings. The predicted octanol–water partition coefficient (Wildman–Crippen LogP) is 3.34. The lowest BCUT2D eigenvalue weighted by atomic mass is 9.95. The Bertz CT molecular complexity index is 747. The molecule has 0 spiro atoms. The molecule has 0 saturated carbocycles. The Balaban J connectivity index is 0.000000471. The third-order valence-corrected chi connectivity index (χ3v) is 3.59. The molecular formula is C20H21NO2S. The minimum absolute atomic E-state index is 1.00. The fourth-order valence-electron chi connectivity index (χ4n) is 2.53. The molecule has 3 aromatic carbocycles. The molecule has 0 aliphatic carbocycles. The maximum Gasteiger partial charge on any atom is 0.198 e. The van der Waals surface area contributed by atoms with Gasteiger partial charge >= 0.3 is 0 Å². The Labute approximate surface area is 144 Å². The highest BCUT2D eigenvalue weighted by atomic mass is 32.2. The van der Waals surface area contributed by atoms with Crippen molar-refractivity contribution in [3.05, 3.63) is 107 Å². The maximum absolute atomic E-state index is 8.81. The second-order valence-electron chi connectivity index (χ2n) is 5.38. The number of rotatable bonds is 4. The number of thiol groups is 1. The van der Waals surface area contributed by atoms with E-state index in [4.69, 9.17) is 8.42 Å². The van der Waals surface area contributed by atoms with E-state index in [2.05, 4.69) is 90.1 Å². The van der Waals surface area contributed by atoms with Crippen LogP contribution in [0.5, 0.6) is 0 Å². The quantitative estimate of drug-likeness (QED) is 0.716. The van der Waals surface area contributed by atoms with Crippen LogP contribution in [0.4, 0.5) is 0 Å². The van der Waals surface area contributed by atoms with Crippen LogP contribution < -0.4 is 5.14 Å². The largest absolute Gasteiger partial charge is 0.231 e. The lowest BCUT2D eigenvalue weighted by Crippen LogP contribution is -1.96. The molecule has 3 rings (SSSR count). The molecule has 0 bridgehead atoms. The van der Waals surface area contributed by atoms with Crippen molar-refractivity contribution in [3.8, 4) is 0 Å². The Hall–Kier alpha value is -2.43. The Morgan fingerprint density at radius 1 is 0.583 bits per heavy atom. The highest BCUT2D eigenvalue weighted by Gasteiger charge is 2.03. The molecule has 4 heteroatoms. The minimum atomic E-state index is -2.62. The molecule has 0 radical (unpaired) electrons. The molecular weight excluding hydrogens is 318 g/mol. The van der Waals surface area contributed by atoms with Crippen LogP contribution in [0.15, 0.2) is 84.9 Å². The molecule has 0 aliphatic rings. The third-order valence-electron chi connectivity index (χ3n) is 3.59. The van der Waals surface area contributed by atoms with Crippen LogP contribution in [-0.2, 0) is 23.7 Å². The summed E-state index contributed by atoms with van der Waals surface area (Å²) >= 11 is 0. The van der Waals surface area contributed by atoms with Crippen molar-refractivity contribution in [1.82, 2.24) is 0 Å². The minimum Gasteiger partial charge on any atom is -0.231 e. The summed E-state index contributed by atoms with van der Waals surface area (Å²) < 4.78 is 17.6. The predicted molar refractivity (Wildman–Crippen MR) is 99.4 cm³/mol. The van der Waals surface area contributed by atoms with Gasteiger partial charge in [0.25, 0.3) is 0 Å². The third kappa shape index (κ3) is 6.36. The first kappa shape index (κ1) is 17.9. The first-order chi connectivity index (χ1) is 11.6. The van der Waals surface area contributed by atoms with Gasteiger partial charge in [-0.2, -0.15) is 0 Å². The van der Waals surface area contributed by atoms with Crippen LogP contribution in [-0.4, -0.2) is 8.42 Å². The van der Waals surface area contributed by atoms with Crippen molar-refractivity contribution < 1.29 is 8.42 Å². The molecule has 0 atom stereocenters. The average Bonchev–Trinajstić information content (AvgIpc) is 2.58. The molecule has 124 valence electrons. The average molecular weight is 339 g/mol. The summed E-state index contributed by atoms with van der Waals surface area (Å²) in [6.45, 7) is 0. The number of hydrogen-bond acceptors (Lipinski definition) is 2. The lowest BCUT2D eigenvalue weighted by molar-refractivity contribution is 0.616. The Morgan fingerprint density at radius 3 is 1.21 bits per heavy atom. The fraction of sp³-hybridized carbons (Fsp3) is 0.100. The van der Waals surface area contributed by atoms with Crippen molar-refractivity contribution >= 4 is 10.9 Å². The molecule has 0 fully saturated rings. The van der Waals surface area contributed by atoms with Crippen molar-refractivity contribution in [2.45, 2.75) is 12.8 Å². The van der Waals surface area contributed by atoms with Gasteiger partial charge in [-0.05, 0) is 35.1 Å². The van der Waals surface area contributed by atoms with Gasteiger partial charge in [-0.1, -0.05) is 84.9 Å². The second kappa shape index (κ2) is 9.65. The molecule has 0 heterocycles. The summed E-state index contributed by atoms with van der Waals surface area (Å²) in [5.74, 6) is 0. The van der Waals surface area contributed by atoms with Crippen molar-refractivity contribution in [2.24, 2.45) is 5.14 Å². The van der Waals surface area contributed by atoms with Gasteiger partial charge < -0.3 is 0 Å². The van der Waals surface area contributed by atoms with Crippen molar-refractivity contribution in [1.29, 1.82) is 0 Å². The summed E-state index contributed by atoms with van der Waals surface area (Å²) in [6.07, 6.45) is 2.01. The van der Waals surface area contributed by atoms with Crippen molar-refractivity contribution in [2.75, 3.05) is 0 Å². The van der Waals surface area contributed by atoms with Crippen LogP contribution in [0.25, 0.3) is 0 Å². The molecule has 24 heavy (non-hydrogen) atoms. The zero-order valence-electron chi connectivity index (χ0n) is 13.3. The highest BCUT2D eigenvalue weighted by Crippen LogP contribution is 2.17. The van der Waals surface area contributed by atoms with Gasteiger partial charge in [0.15, 0.2) is 10.9 Å². The maximum atomic E-state index is 8.81. The first-order valence-electron chi connectivity index (χ1n) is 7.69. The highest BCUT2D eigenvalue weighted by molar-refractivity contribution is 7.69. The summed E-state index contributed by atoms with van der Waals surface area (Å²) in [5.41, 5.74) is 5.58. The van der Waals surface area contributed by atoms with Crippen LogP contribution in [0.1, 0.15) is 22.3 Å². The summed E-state index contributed by atoms with van der Waals surface area (Å²) in [7, 11) is -2.62. The van der Waals surface area contributed by atoms with Crippen LogP contribution >= 0.6 is 0 Å². The molecule has 0 aromatic heterocycles. The lowest BCUT2D eigenvalue weighted by Gasteiger charge is -2.10. The van der Waals surface area contributed by atoms with Crippen LogP contribution in [0, 0.1) is 0 Å². The Morgan fingerprint density at radius 2 is 0.875 bits per heavy atom. The van der Waals surface area contributed by atoms with Gasteiger partial charge in [0.05, 0.1) is 0 Å². The van der Waals surface area contributed by atoms with Gasteiger partial charge in [0.1, 0.15) is 0 Å². The zero-order chi connectivity index (χ0) is 17.2. The van der Waals surface area contributed by atoms with E-state index < -0.39 is 10.9 Å². The van der Waals surface area contributed by atoms with Crippen molar-refractivity contribution in [3.63, 3.8) is 0 Å². The monoisotopic (exact) mass is 339 g/mol. The van der Waals surface area contributed by atoms with Gasteiger partial charge in [-0.25, -0.2) is 13.6 Å². The number of nitrogens with two attached hydrogens (primary N) is 1. The van der Waals surface area contributed by atoms with E-state index in [1.807, 2.05) is 0 Å². The van der Waals surface area contributed by atoms with Gasteiger partial charge in [-0.3, -0.25) is 0 Å². The van der Waals surface area contributed by atoms with Gasteiger partial charge in [-0.15, -0.1) is 0 Å². The summed E-state index contributed by atoms with van der Waals surface area (Å²) in [5, 5.41) is 4.06. The van der Waals surface area contributed by atoms with Crippen LogP contribution in [0.3, 0.4) is 0 Å². The fourth-order valence-corrected chi connectivity index (χ4v) is 2.53. The van der Waals surface area contributed by atoms with Crippen LogP contribution in [0.2, 0.25) is 0 Å². The standard InChI is InChI=1S/C20H18.H3NO2S/c1-3-9-17(10-4-1)15-19-13-7-8-14-20(19)16-18-11-5-2-6-12-18;1-4(2)3/h1-14H,15-16H2;4H,(H2,1,2,3). The number of benzene rings is 3.